The second-order valence-electron chi connectivity index (χ2n) is 6.20. The van der Waals surface area contributed by atoms with E-state index in [9.17, 15) is 9.18 Å². The van der Waals surface area contributed by atoms with Gasteiger partial charge in [0.15, 0.2) is 0 Å². The van der Waals surface area contributed by atoms with Crippen LogP contribution in [0.1, 0.15) is 24.0 Å². The molecule has 0 aliphatic carbocycles. The van der Waals surface area contributed by atoms with E-state index in [-0.39, 0.29) is 11.7 Å². The van der Waals surface area contributed by atoms with Crippen LogP contribution < -0.4 is 10.2 Å². The van der Waals surface area contributed by atoms with Crippen molar-refractivity contribution in [2.24, 2.45) is 0 Å². The first-order valence-corrected chi connectivity index (χ1v) is 8.56. The number of halogens is 1. The summed E-state index contributed by atoms with van der Waals surface area (Å²) in [4.78, 5) is 14.3. The summed E-state index contributed by atoms with van der Waals surface area (Å²) in [5.41, 5.74) is 3.74. The van der Waals surface area contributed by atoms with Gasteiger partial charge in [-0.2, -0.15) is 0 Å². The zero-order valence-corrected chi connectivity index (χ0v) is 13.8. The second-order valence-corrected chi connectivity index (χ2v) is 6.20. The molecule has 3 rings (SSSR count). The molecule has 0 saturated heterocycles. The highest BCUT2D eigenvalue weighted by molar-refractivity contribution is 5.76. The Morgan fingerprint density at radius 2 is 1.92 bits per heavy atom. The maximum absolute atomic E-state index is 12.8. The maximum Gasteiger partial charge on any atom is 0.220 e. The summed E-state index contributed by atoms with van der Waals surface area (Å²) in [7, 11) is 0. The number of carbonyl (C=O) groups excluding carboxylic acids is 1. The van der Waals surface area contributed by atoms with Crippen molar-refractivity contribution in [3.8, 4) is 0 Å². The molecule has 0 fully saturated rings. The largest absolute Gasteiger partial charge is 0.371 e. The smallest absolute Gasteiger partial charge is 0.220 e. The van der Waals surface area contributed by atoms with Gasteiger partial charge in [-0.25, -0.2) is 4.39 Å². The SMILES string of the molecule is O=C(CCc1ccc(F)cc1)NCCCN1CCc2ccccc21. The van der Waals surface area contributed by atoms with E-state index in [0.717, 1.165) is 31.5 Å². The predicted molar refractivity (Wildman–Crippen MR) is 94.7 cm³/mol. The van der Waals surface area contributed by atoms with E-state index in [2.05, 4.69) is 34.5 Å². The fourth-order valence-corrected chi connectivity index (χ4v) is 3.13. The number of hydrogen-bond acceptors (Lipinski definition) is 2. The summed E-state index contributed by atoms with van der Waals surface area (Å²) in [6.45, 7) is 2.73. The van der Waals surface area contributed by atoms with Crippen LogP contribution in [0, 0.1) is 5.82 Å². The quantitative estimate of drug-likeness (QED) is 0.792. The molecule has 1 heterocycles. The Kier molecular flexibility index (Phi) is 5.47. The number of hydrogen-bond donors (Lipinski definition) is 1. The number of rotatable bonds is 7. The molecule has 0 spiro atoms. The normalized spacial score (nSPS) is 13.0. The molecule has 126 valence electrons. The van der Waals surface area contributed by atoms with E-state index >= 15 is 0 Å². The van der Waals surface area contributed by atoms with Gasteiger partial charge in [0.1, 0.15) is 5.82 Å². The van der Waals surface area contributed by atoms with Crippen LogP contribution in [-0.4, -0.2) is 25.5 Å². The average Bonchev–Trinajstić information content (AvgIpc) is 3.01. The van der Waals surface area contributed by atoms with Gasteiger partial charge in [-0.3, -0.25) is 4.79 Å². The molecule has 24 heavy (non-hydrogen) atoms. The lowest BCUT2D eigenvalue weighted by Crippen LogP contribution is -2.29. The van der Waals surface area contributed by atoms with Gasteiger partial charge in [0.25, 0.3) is 0 Å². The van der Waals surface area contributed by atoms with E-state index in [1.54, 1.807) is 12.1 Å². The van der Waals surface area contributed by atoms with E-state index < -0.39 is 0 Å². The van der Waals surface area contributed by atoms with Crippen LogP contribution in [-0.2, 0) is 17.6 Å². The number of nitrogens with one attached hydrogen (secondary N) is 1. The zero-order chi connectivity index (χ0) is 16.8. The Morgan fingerprint density at radius 3 is 2.75 bits per heavy atom. The number of amides is 1. The lowest BCUT2D eigenvalue weighted by Gasteiger charge is -2.19. The van der Waals surface area contributed by atoms with Gasteiger partial charge < -0.3 is 10.2 Å². The van der Waals surface area contributed by atoms with Crippen molar-refractivity contribution in [1.82, 2.24) is 5.32 Å². The van der Waals surface area contributed by atoms with Crippen LogP contribution in [0.4, 0.5) is 10.1 Å². The van der Waals surface area contributed by atoms with Crippen LogP contribution in [0.2, 0.25) is 0 Å². The van der Waals surface area contributed by atoms with E-state index in [1.165, 1.54) is 23.4 Å². The molecule has 0 unspecified atom stereocenters. The number of aryl methyl sites for hydroxylation is 1. The van der Waals surface area contributed by atoms with Gasteiger partial charge in [-0.05, 0) is 48.6 Å². The number of para-hydroxylation sites is 1. The third kappa shape index (κ3) is 4.34. The highest BCUT2D eigenvalue weighted by atomic mass is 19.1. The zero-order valence-electron chi connectivity index (χ0n) is 13.8. The molecule has 0 radical (unpaired) electrons. The van der Waals surface area contributed by atoms with Gasteiger partial charge in [0.05, 0.1) is 0 Å². The molecule has 3 nitrogen and oxygen atoms in total. The summed E-state index contributed by atoms with van der Waals surface area (Å²) >= 11 is 0. The van der Waals surface area contributed by atoms with Gasteiger partial charge in [-0.15, -0.1) is 0 Å². The van der Waals surface area contributed by atoms with Crippen molar-refractivity contribution < 1.29 is 9.18 Å². The Balaban J connectivity index is 1.33. The van der Waals surface area contributed by atoms with E-state index in [1.807, 2.05) is 0 Å². The topological polar surface area (TPSA) is 32.3 Å². The molecule has 1 aliphatic heterocycles. The van der Waals surface area contributed by atoms with Gasteiger partial charge in [0, 0.05) is 31.7 Å². The Morgan fingerprint density at radius 1 is 1.12 bits per heavy atom. The summed E-state index contributed by atoms with van der Waals surface area (Å²) in [5.74, 6) is -0.187. The third-order valence-corrected chi connectivity index (χ3v) is 4.46. The molecule has 0 aromatic heterocycles. The van der Waals surface area contributed by atoms with Crippen LogP contribution in [0.3, 0.4) is 0 Å². The molecule has 2 aromatic rings. The summed E-state index contributed by atoms with van der Waals surface area (Å²) in [6, 6.07) is 14.8. The molecule has 0 atom stereocenters. The highest BCUT2D eigenvalue weighted by Gasteiger charge is 2.17. The van der Waals surface area contributed by atoms with Crippen molar-refractivity contribution in [3.05, 3.63) is 65.5 Å². The molecule has 4 heteroatoms. The van der Waals surface area contributed by atoms with Crippen LogP contribution in [0.25, 0.3) is 0 Å². The second kappa shape index (κ2) is 7.95. The van der Waals surface area contributed by atoms with Crippen molar-refractivity contribution in [2.45, 2.75) is 25.7 Å². The van der Waals surface area contributed by atoms with Crippen molar-refractivity contribution in [3.63, 3.8) is 0 Å². The minimum absolute atomic E-state index is 0.0566. The fourth-order valence-electron chi connectivity index (χ4n) is 3.13. The Hall–Kier alpha value is -2.36. The fraction of sp³-hybridized carbons (Fsp3) is 0.350. The molecule has 1 aliphatic rings. The summed E-state index contributed by atoms with van der Waals surface area (Å²) in [6.07, 6.45) is 3.14. The lowest BCUT2D eigenvalue weighted by atomic mass is 10.1. The third-order valence-electron chi connectivity index (χ3n) is 4.46. The molecule has 0 saturated carbocycles. The molecule has 2 aromatic carbocycles. The van der Waals surface area contributed by atoms with Gasteiger partial charge >= 0.3 is 0 Å². The van der Waals surface area contributed by atoms with E-state index in [4.69, 9.17) is 0 Å². The Bertz CT molecular complexity index is 684. The first kappa shape index (κ1) is 16.5. The molecule has 1 N–H and O–H groups in total. The number of carbonyl (C=O) groups is 1. The van der Waals surface area contributed by atoms with Gasteiger partial charge in [-0.1, -0.05) is 30.3 Å². The van der Waals surface area contributed by atoms with Crippen LogP contribution in [0.15, 0.2) is 48.5 Å². The van der Waals surface area contributed by atoms with E-state index in [0.29, 0.717) is 19.4 Å². The number of nitrogens with zero attached hydrogens (tertiary/aromatic N) is 1. The Labute approximate surface area is 142 Å². The average molecular weight is 326 g/mol. The monoisotopic (exact) mass is 326 g/mol. The van der Waals surface area contributed by atoms with Crippen molar-refractivity contribution in [1.29, 1.82) is 0 Å². The first-order chi connectivity index (χ1) is 11.7. The predicted octanol–water partition coefficient (Wildman–Crippen LogP) is 3.33. The lowest BCUT2D eigenvalue weighted by molar-refractivity contribution is -0.121. The highest BCUT2D eigenvalue weighted by Crippen LogP contribution is 2.27. The molecule has 0 bridgehead atoms. The molecule has 1 amide bonds. The van der Waals surface area contributed by atoms with Crippen LogP contribution in [0.5, 0.6) is 0 Å². The van der Waals surface area contributed by atoms with Crippen LogP contribution >= 0.6 is 0 Å². The minimum atomic E-state index is -0.244. The standard InChI is InChI=1S/C20H23FN2O/c21-18-9-6-16(7-10-18)8-11-20(24)22-13-3-14-23-15-12-17-4-1-2-5-19(17)23/h1-2,4-7,9-10H,3,8,11-15H2,(H,22,24). The number of benzene rings is 2. The number of anilines is 1. The number of fused-ring (bicyclic) bond motifs is 1. The minimum Gasteiger partial charge on any atom is -0.371 e. The van der Waals surface area contributed by atoms with Crippen molar-refractivity contribution >= 4 is 11.6 Å². The van der Waals surface area contributed by atoms with Crippen molar-refractivity contribution in [2.75, 3.05) is 24.5 Å². The molecular formula is C20H23FN2O. The maximum atomic E-state index is 12.8. The summed E-state index contributed by atoms with van der Waals surface area (Å²) < 4.78 is 12.8. The first-order valence-electron chi connectivity index (χ1n) is 8.56. The summed E-state index contributed by atoms with van der Waals surface area (Å²) in [5, 5.41) is 2.97. The van der Waals surface area contributed by atoms with Gasteiger partial charge in [0.2, 0.25) is 5.91 Å². The molecular weight excluding hydrogens is 303 g/mol.